The lowest BCUT2D eigenvalue weighted by Crippen LogP contribution is -1.88. The molecule has 0 aliphatic rings. The van der Waals surface area contributed by atoms with E-state index in [1.807, 2.05) is 50.2 Å². The summed E-state index contributed by atoms with van der Waals surface area (Å²) in [5.41, 5.74) is 6.36. The molecule has 0 saturated carbocycles. The molecular formula is C22H28O. The summed E-state index contributed by atoms with van der Waals surface area (Å²) in [6, 6.07) is 19.6. The second-order valence-electron chi connectivity index (χ2n) is 4.72. The molecule has 0 N–H and O–H groups in total. The molecule has 0 atom stereocenters. The van der Waals surface area contributed by atoms with Crippen molar-refractivity contribution in [2.75, 3.05) is 0 Å². The summed E-state index contributed by atoms with van der Waals surface area (Å²) in [7, 11) is 0. The van der Waals surface area contributed by atoms with Gasteiger partial charge < -0.3 is 0 Å². The minimum atomic E-state index is 0.121. The molecule has 2 aromatic rings. The van der Waals surface area contributed by atoms with E-state index in [-0.39, 0.29) is 5.78 Å². The molecule has 23 heavy (non-hydrogen) atoms. The van der Waals surface area contributed by atoms with Crippen molar-refractivity contribution in [2.24, 2.45) is 0 Å². The third-order valence-electron chi connectivity index (χ3n) is 3.12. The summed E-state index contributed by atoms with van der Waals surface area (Å²) in [5, 5.41) is 0. The van der Waals surface area contributed by atoms with E-state index in [1.54, 1.807) is 6.92 Å². The first kappa shape index (κ1) is 20.6. The summed E-state index contributed by atoms with van der Waals surface area (Å²) in [4.78, 5) is 10.6. The molecule has 0 saturated heterocycles. The van der Waals surface area contributed by atoms with E-state index in [1.165, 1.54) is 11.1 Å². The molecule has 0 radical (unpaired) electrons. The molecule has 0 bridgehead atoms. The quantitative estimate of drug-likeness (QED) is 0.481. The van der Waals surface area contributed by atoms with E-state index in [0.717, 1.165) is 18.4 Å². The maximum Gasteiger partial charge on any atom is 0.159 e. The minimum Gasteiger partial charge on any atom is -0.295 e. The van der Waals surface area contributed by atoms with Gasteiger partial charge in [-0.05, 0) is 24.5 Å². The minimum absolute atomic E-state index is 0.121. The fraction of sp³-hybridized carbons (Fsp3) is 0.273. The molecule has 0 aliphatic heterocycles. The second-order valence-corrected chi connectivity index (χ2v) is 4.72. The second kappa shape index (κ2) is 13.3. The largest absolute Gasteiger partial charge is 0.295 e. The summed E-state index contributed by atoms with van der Waals surface area (Å²) >= 11 is 0. The highest BCUT2D eigenvalue weighted by molar-refractivity contribution is 5.93. The van der Waals surface area contributed by atoms with Gasteiger partial charge in [0.05, 0.1) is 0 Å². The lowest BCUT2D eigenvalue weighted by molar-refractivity contribution is 0.101. The molecule has 2 rings (SSSR count). The SMILES string of the molecule is C=C=C(CC)Cc1ccccc1.CC.CC(=O)c1ccccc1. The highest BCUT2D eigenvalue weighted by atomic mass is 16.1. The summed E-state index contributed by atoms with van der Waals surface area (Å²) in [6.07, 6.45) is 2.03. The molecular weight excluding hydrogens is 280 g/mol. The third-order valence-corrected chi connectivity index (χ3v) is 3.12. The molecule has 1 nitrogen and oxygen atoms in total. The summed E-state index contributed by atoms with van der Waals surface area (Å²) < 4.78 is 0. The molecule has 0 aromatic heterocycles. The lowest BCUT2D eigenvalue weighted by Gasteiger charge is -2.00. The van der Waals surface area contributed by atoms with E-state index in [2.05, 4.69) is 43.5 Å². The standard InChI is InChI=1S/C12H14.C8H8O.C2H6/c1-3-11(4-2)10-12-8-6-5-7-9-12;1-7(9)8-5-3-2-4-6-8;1-2/h5-9H,1,4,10H2,2H3;2-6H,1H3;1-2H3. The molecule has 0 amide bonds. The monoisotopic (exact) mass is 308 g/mol. The van der Waals surface area contributed by atoms with Crippen molar-refractivity contribution in [1.82, 2.24) is 0 Å². The molecule has 122 valence electrons. The van der Waals surface area contributed by atoms with E-state index in [0.29, 0.717) is 0 Å². The molecule has 1 heteroatoms. The van der Waals surface area contributed by atoms with Crippen molar-refractivity contribution < 1.29 is 4.79 Å². The van der Waals surface area contributed by atoms with Gasteiger partial charge in [-0.3, -0.25) is 4.79 Å². The van der Waals surface area contributed by atoms with Crippen LogP contribution in [0.15, 0.2) is 78.5 Å². The zero-order chi connectivity index (χ0) is 17.5. The van der Waals surface area contributed by atoms with E-state index in [9.17, 15) is 4.79 Å². The van der Waals surface area contributed by atoms with Crippen LogP contribution in [-0.4, -0.2) is 5.78 Å². The van der Waals surface area contributed by atoms with Crippen LogP contribution < -0.4 is 0 Å². The highest BCUT2D eigenvalue weighted by Crippen LogP contribution is 2.08. The molecule has 0 fully saturated rings. The van der Waals surface area contributed by atoms with Crippen LogP contribution in [0.3, 0.4) is 0 Å². The Labute approximate surface area is 141 Å². The molecule has 0 spiro atoms. The Morgan fingerprint density at radius 2 is 1.43 bits per heavy atom. The molecule has 2 aromatic carbocycles. The van der Waals surface area contributed by atoms with Gasteiger partial charge in [-0.25, -0.2) is 0 Å². The third kappa shape index (κ3) is 9.29. The molecule has 0 unspecified atom stereocenters. The number of carbonyl (C=O) groups excluding carboxylic acids is 1. The number of ketones is 1. The number of Topliss-reactive ketones (excluding diaryl/α,β-unsaturated/α-hetero) is 1. The number of rotatable bonds is 4. The highest BCUT2D eigenvalue weighted by Gasteiger charge is 1.94. The Morgan fingerprint density at radius 1 is 0.957 bits per heavy atom. The van der Waals surface area contributed by atoms with Crippen LogP contribution in [0.25, 0.3) is 0 Å². The Bertz CT molecular complexity index is 590. The first-order valence-corrected chi connectivity index (χ1v) is 8.15. The van der Waals surface area contributed by atoms with E-state index >= 15 is 0 Å². The first-order chi connectivity index (χ1) is 11.2. The Balaban J connectivity index is 0.000000392. The van der Waals surface area contributed by atoms with Crippen LogP contribution in [0.4, 0.5) is 0 Å². The van der Waals surface area contributed by atoms with Gasteiger partial charge in [-0.15, -0.1) is 5.73 Å². The summed E-state index contributed by atoms with van der Waals surface area (Å²) in [6.45, 7) is 11.4. The van der Waals surface area contributed by atoms with Gasteiger partial charge in [0.2, 0.25) is 0 Å². The average molecular weight is 308 g/mol. The first-order valence-electron chi connectivity index (χ1n) is 8.15. The van der Waals surface area contributed by atoms with E-state index in [4.69, 9.17) is 0 Å². The number of hydrogen-bond donors (Lipinski definition) is 0. The van der Waals surface area contributed by atoms with Crippen molar-refractivity contribution in [3.05, 3.63) is 89.7 Å². The maximum atomic E-state index is 10.6. The van der Waals surface area contributed by atoms with Crippen LogP contribution in [0.1, 0.15) is 50.0 Å². The predicted molar refractivity (Wildman–Crippen MR) is 101 cm³/mol. The van der Waals surface area contributed by atoms with Crippen molar-refractivity contribution in [2.45, 2.75) is 40.5 Å². The van der Waals surface area contributed by atoms with Gasteiger partial charge in [0, 0.05) is 12.0 Å². The Kier molecular flexibility index (Phi) is 11.9. The Hall–Kier alpha value is -2.37. The van der Waals surface area contributed by atoms with Crippen molar-refractivity contribution in [3.8, 4) is 0 Å². The fourth-order valence-electron chi connectivity index (χ4n) is 1.83. The topological polar surface area (TPSA) is 17.1 Å². The number of hydrogen-bond acceptors (Lipinski definition) is 1. The lowest BCUT2D eigenvalue weighted by atomic mass is 10.0. The predicted octanol–water partition coefficient (Wildman–Crippen LogP) is 6.27. The maximum absolute atomic E-state index is 10.6. The number of benzene rings is 2. The van der Waals surface area contributed by atoms with Crippen molar-refractivity contribution >= 4 is 5.78 Å². The Morgan fingerprint density at radius 3 is 1.78 bits per heavy atom. The van der Waals surface area contributed by atoms with Gasteiger partial charge in [0.1, 0.15) is 0 Å². The van der Waals surface area contributed by atoms with Gasteiger partial charge in [0.15, 0.2) is 5.78 Å². The average Bonchev–Trinajstić information content (AvgIpc) is 2.63. The normalized spacial score (nSPS) is 8.52. The number of allylic oxidation sites excluding steroid dienone is 1. The molecule has 0 heterocycles. The zero-order valence-electron chi connectivity index (χ0n) is 14.8. The van der Waals surface area contributed by atoms with Crippen molar-refractivity contribution in [1.29, 1.82) is 0 Å². The van der Waals surface area contributed by atoms with Gasteiger partial charge in [-0.1, -0.05) is 88.0 Å². The fourth-order valence-corrected chi connectivity index (χ4v) is 1.83. The summed E-state index contributed by atoms with van der Waals surface area (Å²) in [5.74, 6) is 0.121. The van der Waals surface area contributed by atoms with Crippen LogP contribution in [0, 0.1) is 0 Å². The number of carbonyl (C=O) groups is 1. The molecule has 0 aliphatic carbocycles. The van der Waals surface area contributed by atoms with Crippen LogP contribution >= 0.6 is 0 Å². The zero-order valence-corrected chi connectivity index (χ0v) is 14.8. The van der Waals surface area contributed by atoms with Gasteiger partial charge in [0.25, 0.3) is 0 Å². The van der Waals surface area contributed by atoms with Crippen LogP contribution in [0.2, 0.25) is 0 Å². The van der Waals surface area contributed by atoms with Gasteiger partial charge >= 0.3 is 0 Å². The van der Waals surface area contributed by atoms with E-state index < -0.39 is 0 Å². The smallest absolute Gasteiger partial charge is 0.159 e. The van der Waals surface area contributed by atoms with Gasteiger partial charge in [-0.2, -0.15) is 0 Å². The van der Waals surface area contributed by atoms with Crippen molar-refractivity contribution in [3.63, 3.8) is 0 Å². The van der Waals surface area contributed by atoms with Crippen LogP contribution in [-0.2, 0) is 6.42 Å². The van der Waals surface area contributed by atoms with Crippen LogP contribution in [0.5, 0.6) is 0 Å².